The van der Waals surface area contributed by atoms with Crippen LogP contribution < -0.4 is 5.32 Å². The summed E-state index contributed by atoms with van der Waals surface area (Å²) in [6.45, 7) is 2.62. The molecule has 1 spiro atoms. The van der Waals surface area contributed by atoms with Gasteiger partial charge in [0.05, 0.1) is 0 Å². The van der Waals surface area contributed by atoms with Crippen molar-refractivity contribution in [3.05, 3.63) is 0 Å². The fourth-order valence-corrected chi connectivity index (χ4v) is 4.62. The number of nitrogens with one attached hydrogen (secondary N) is 1. The van der Waals surface area contributed by atoms with Crippen LogP contribution in [0.5, 0.6) is 0 Å². The SMILES string of the molecule is C1CSCC(C2CC23CCNC3)C1. The molecule has 3 rings (SSSR count). The molecule has 0 aromatic heterocycles. The van der Waals surface area contributed by atoms with Gasteiger partial charge in [-0.15, -0.1) is 0 Å². The maximum absolute atomic E-state index is 3.54. The van der Waals surface area contributed by atoms with Gasteiger partial charge in [0.1, 0.15) is 0 Å². The highest BCUT2D eigenvalue weighted by Crippen LogP contribution is 2.61. The van der Waals surface area contributed by atoms with Crippen LogP contribution in [0.2, 0.25) is 0 Å². The molecule has 1 N–H and O–H groups in total. The van der Waals surface area contributed by atoms with Gasteiger partial charge >= 0.3 is 0 Å². The Balaban J connectivity index is 1.61. The smallest absolute Gasteiger partial charge is 0.00112 e. The molecule has 3 fully saturated rings. The van der Waals surface area contributed by atoms with Crippen molar-refractivity contribution in [3.63, 3.8) is 0 Å². The summed E-state index contributed by atoms with van der Waals surface area (Å²) < 4.78 is 0. The molecule has 2 aliphatic heterocycles. The molecule has 2 heteroatoms. The zero-order valence-corrected chi connectivity index (χ0v) is 9.04. The van der Waals surface area contributed by atoms with E-state index in [1.54, 1.807) is 6.42 Å². The maximum atomic E-state index is 3.54. The Bertz CT molecular complexity index is 192. The van der Waals surface area contributed by atoms with Crippen LogP contribution in [0.4, 0.5) is 0 Å². The maximum Gasteiger partial charge on any atom is 0.00112 e. The Morgan fingerprint density at radius 3 is 3.08 bits per heavy atom. The molecule has 3 aliphatic rings. The molecular formula is C11H19NS. The van der Waals surface area contributed by atoms with Gasteiger partial charge < -0.3 is 5.32 Å². The lowest BCUT2D eigenvalue weighted by Gasteiger charge is -2.23. The molecule has 2 saturated heterocycles. The zero-order chi connectivity index (χ0) is 8.73. The van der Waals surface area contributed by atoms with Gasteiger partial charge in [0.2, 0.25) is 0 Å². The van der Waals surface area contributed by atoms with Gasteiger partial charge in [0, 0.05) is 6.54 Å². The van der Waals surface area contributed by atoms with Gasteiger partial charge in [0.15, 0.2) is 0 Å². The molecule has 13 heavy (non-hydrogen) atoms. The summed E-state index contributed by atoms with van der Waals surface area (Å²) in [6, 6.07) is 0. The van der Waals surface area contributed by atoms with E-state index in [1.807, 2.05) is 0 Å². The Hall–Kier alpha value is 0.310. The average molecular weight is 197 g/mol. The normalized spacial score (nSPS) is 49.8. The number of hydrogen-bond donors (Lipinski definition) is 1. The van der Waals surface area contributed by atoms with Gasteiger partial charge in [-0.25, -0.2) is 0 Å². The van der Waals surface area contributed by atoms with Gasteiger partial charge in [-0.1, -0.05) is 0 Å². The Morgan fingerprint density at radius 2 is 2.38 bits per heavy atom. The van der Waals surface area contributed by atoms with Crippen molar-refractivity contribution >= 4 is 11.8 Å². The van der Waals surface area contributed by atoms with Gasteiger partial charge in [0.25, 0.3) is 0 Å². The van der Waals surface area contributed by atoms with Gasteiger partial charge in [-0.2, -0.15) is 11.8 Å². The van der Waals surface area contributed by atoms with Crippen LogP contribution in [0.15, 0.2) is 0 Å². The minimum atomic E-state index is 0.794. The molecule has 0 aromatic rings. The van der Waals surface area contributed by atoms with Crippen LogP contribution in [0.3, 0.4) is 0 Å². The monoisotopic (exact) mass is 197 g/mol. The van der Waals surface area contributed by atoms with Crippen molar-refractivity contribution in [3.8, 4) is 0 Å². The lowest BCUT2D eigenvalue weighted by Crippen LogP contribution is -2.19. The Kier molecular flexibility index (Phi) is 2.09. The summed E-state index contributed by atoms with van der Waals surface area (Å²) >= 11 is 2.19. The summed E-state index contributed by atoms with van der Waals surface area (Å²) in [5, 5.41) is 3.54. The van der Waals surface area contributed by atoms with E-state index < -0.39 is 0 Å². The summed E-state index contributed by atoms with van der Waals surface area (Å²) in [5.74, 6) is 5.08. The van der Waals surface area contributed by atoms with E-state index in [9.17, 15) is 0 Å². The molecule has 0 bridgehead atoms. The highest BCUT2D eigenvalue weighted by Gasteiger charge is 2.57. The molecule has 74 valence electrons. The van der Waals surface area contributed by atoms with Crippen LogP contribution in [0, 0.1) is 17.3 Å². The van der Waals surface area contributed by atoms with Gasteiger partial charge in [-0.3, -0.25) is 0 Å². The Labute approximate surface area is 85.0 Å². The summed E-state index contributed by atoms with van der Waals surface area (Å²) in [7, 11) is 0. The van der Waals surface area contributed by atoms with Crippen molar-refractivity contribution in [1.82, 2.24) is 5.32 Å². The number of hydrogen-bond acceptors (Lipinski definition) is 2. The molecule has 1 saturated carbocycles. The quantitative estimate of drug-likeness (QED) is 0.691. The zero-order valence-electron chi connectivity index (χ0n) is 8.22. The summed E-state index contributed by atoms with van der Waals surface area (Å²) in [6.07, 6.45) is 6.03. The van der Waals surface area contributed by atoms with Crippen LogP contribution in [-0.2, 0) is 0 Å². The van der Waals surface area contributed by atoms with Crippen molar-refractivity contribution < 1.29 is 0 Å². The van der Waals surface area contributed by atoms with E-state index in [-0.39, 0.29) is 0 Å². The lowest BCUT2D eigenvalue weighted by atomic mass is 9.92. The molecular weight excluding hydrogens is 178 g/mol. The molecule has 3 unspecified atom stereocenters. The average Bonchev–Trinajstić information content (AvgIpc) is 2.66. The second-order valence-electron chi connectivity index (χ2n) is 5.08. The van der Waals surface area contributed by atoms with E-state index in [4.69, 9.17) is 0 Å². The van der Waals surface area contributed by atoms with E-state index in [1.165, 1.54) is 43.9 Å². The van der Waals surface area contributed by atoms with Crippen molar-refractivity contribution in [2.75, 3.05) is 24.6 Å². The third-order valence-corrected chi connectivity index (χ3v) is 5.54. The third kappa shape index (κ3) is 1.42. The number of thioether (sulfide) groups is 1. The van der Waals surface area contributed by atoms with Crippen LogP contribution in [0.1, 0.15) is 25.7 Å². The molecule has 0 radical (unpaired) electrons. The fraction of sp³-hybridized carbons (Fsp3) is 1.00. The van der Waals surface area contributed by atoms with E-state index in [2.05, 4.69) is 17.1 Å². The predicted molar refractivity (Wildman–Crippen MR) is 58.1 cm³/mol. The molecule has 3 atom stereocenters. The first-order valence-electron chi connectivity index (χ1n) is 5.69. The van der Waals surface area contributed by atoms with Crippen molar-refractivity contribution in [2.24, 2.45) is 17.3 Å². The van der Waals surface area contributed by atoms with Crippen molar-refractivity contribution in [2.45, 2.75) is 25.7 Å². The summed E-state index contributed by atoms with van der Waals surface area (Å²) in [5.41, 5.74) is 0.794. The van der Waals surface area contributed by atoms with E-state index in [0.717, 1.165) is 17.3 Å². The third-order valence-electron chi connectivity index (χ3n) is 4.29. The first-order chi connectivity index (χ1) is 6.41. The first kappa shape index (κ1) is 8.60. The van der Waals surface area contributed by atoms with Crippen LogP contribution in [0.25, 0.3) is 0 Å². The van der Waals surface area contributed by atoms with Crippen LogP contribution in [-0.4, -0.2) is 24.6 Å². The fourth-order valence-electron chi connectivity index (χ4n) is 3.38. The van der Waals surface area contributed by atoms with Crippen LogP contribution >= 0.6 is 11.8 Å². The molecule has 1 nitrogen and oxygen atoms in total. The summed E-state index contributed by atoms with van der Waals surface area (Å²) in [4.78, 5) is 0. The largest absolute Gasteiger partial charge is 0.316 e. The second kappa shape index (κ2) is 3.16. The second-order valence-corrected chi connectivity index (χ2v) is 6.23. The van der Waals surface area contributed by atoms with E-state index in [0.29, 0.717) is 0 Å². The Morgan fingerprint density at radius 1 is 1.38 bits per heavy atom. The lowest BCUT2D eigenvalue weighted by molar-refractivity contribution is 0.377. The topological polar surface area (TPSA) is 12.0 Å². The van der Waals surface area contributed by atoms with Gasteiger partial charge in [-0.05, 0) is 61.0 Å². The molecule has 2 heterocycles. The minimum absolute atomic E-state index is 0.794. The highest BCUT2D eigenvalue weighted by molar-refractivity contribution is 7.99. The predicted octanol–water partition coefficient (Wildman–Crippen LogP) is 2.13. The molecule has 0 amide bonds. The standard InChI is InChI=1S/C11H19NS/c1-2-9(7-13-5-1)10-6-11(10)3-4-12-8-11/h9-10,12H,1-8H2. The van der Waals surface area contributed by atoms with E-state index >= 15 is 0 Å². The van der Waals surface area contributed by atoms with Crippen molar-refractivity contribution in [1.29, 1.82) is 0 Å². The first-order valence-corrected chi connectivity index (χ1v) is 6.85. The molecule has 0 aromatic carbocycles. The minimum Gasteiger partial charge on any atom is -0.316 e. The highest BCUT2D eigenvalue weighted by atomic mass is 32.2. The molecule has 1 aliphatic carbocycles. The number of rotatable bonds is 1.